The molecule has 1 aliphatic carbocycles. The first-order valence-corrected chi connectivity index (χ1v) is 14.0. The van der Waals surface area contributed by atoms with Crippen molar-refractivity contribution in [3.63, 3.8) is 0 Å². The van der Waals surface area contributed by atoms with E-state index in [4.69, 9.17) is 23.2 Å². The van der Waals surface area contributed by atoms with Gasteiger partial charge in [0, 0.05) is 12.6 Å². The van der Waals surface area contributed by atoms with Crippen molar-refractivity contribution in [3.8, 4) is 0 Å². The summed E-state index contributed by atoms with van der Waals surface area (Å²) in [7, 11) is -4.18. The van der Waals surface area contributed by atoms with Gasteiger partial charge >= 0.3 is 0 Å². The van der Waals surface area contributed by atoms with Crippen LogP contribution in [0, 0.1) is 0 Å². The van der Waals surface area contributed by atoms with Crippen LogP contribution < -0.4 is 5.32 Å². The van der Waals surface area contributed by atoms with Gasteiger partial charge in [-0.1, -0.05) is 60.7 Å². The Labute approximate surface area is 220 Å². The summed E-state index contributed by atoms with van der Waals surface area (Å²) >= 11 is 12.2. The van der Waals surface area contributed by atoms with Crippen molar-refractivity contribution >= 4 is 50.9 Å². The maximum atomic E-state index is 13.5. The third-order valence-electron chi connectivity index (χ3n) is 6.65. The van der Waals surface area contributed by atoms with E-state index in [2.05, 4.69) is 5.32 Å². The number of nitrogens with zero attached hydrogens (tertiary/aromatic N) is 2. The van der Waals surface area contributed by atoms with Crippen LogP contribution in [0.25, 0.3) is 0 Å². The zero-order valence-electron chi connectivity index (χ0n) is 19.7. The number of hydrogen-bond donors (Lipinski definition) is 1. The zero-order chi connectivity index (χ0) is 26.0. The number of fused-ring (bicyclic) bond motifs is 1. The van der Waals surface area contributed by atoms with E-state index in [1.54, 1.807) is 31.2 Å². The quantitative estimate of drug-likeness (QED) is 0.559. The molecule has 2 aliphatic rings. The van der Waals surface area contributed by atoms with Crippen LogP contribution in [0.3, 0.4) is 0 Å². The van der Waals surface area contributed by atoms with Crippen LogP contribution >= 0.6 is 23.2 Å². The average Bonchev–Trinajstić information content (AvgIpc) is 3.05. The highest BCUT2D eigenvalue weighted by Crippen LogP contribution is 2.30. The van der Waals surface area contributed by atoms with Crippen LogP contribution in [0.2, 0.25) is 10.0 Å². The summed E-state index contributed by atoms with van der Waals surface area (Å²) in [6.07, 6.45) is 4.93. The molecule has 0 saturated heterocycles. The average molecular weight is 552 g/mol. The minimum absolute atomic E-state index is 0.0180. The minimum atomic E-state index is -4.18. The van der Waals surface area contributed by atoms with Gasteiger partial charge < -0.3 is 10.2 Å². The van der Waals surface area contributed by atoms with Crippen molar-refractivity contribution in [1.82, 2.24) is 14.5 Å². The van der Waals surface area contributed by atoms with Gasteiger partial charge in [0.05, 0.1) is 15.6 Å². The number of amides is 3. The molecule has 0 aromatic heterocycles. The Morgan fingerprint density at radius 1 is 1.08 bits per heavy atom. The predicted octanol–water partition coefficient (Wildman–Crippen LogP) is 4.00. The third kappa shape index (κ3) is 5.38. The maximum absolute atomic E-state index is 13.5. The molecule has 3 amide bonds. The lowest BCUT2D eigenvalue weighted by Gasteiger charge is -2.32. The smallest absolute Gasteiger partial charge is 0.269 e. The van der Waals surface area contributed by atoms with Gasteiger partial charge in [0.15, 0.2) is 0 Å². The molecule has 2 aromatic rings. The minimum Gasteiger partial charge on any atom is -0.352 e. The van der Waals surface area contributed by atoms with Crippen LogP contribution in [-0.4, -0.2) is 54.0 Å². The molecule has 1 heterocycles. The molecule has 1 atom stereocenters. The van der Waals surface area contributed by atoms with Crippen LogP contribution in [0.15, 0.2) is 47.4 Å². The lowest BCUT2D eigenvalue weighted by molar-refractivity contribution is -0.140. The standard InChI is InChI=1S/C25H27Cl2N3O5S/c1-16(24(32)28-18-7-3-2-4-8-18)29(14-17-11-12-20(26)21(27)13-17)23(31)15-30-25(33)19-9-5-6-10-22(19)36(30,34)35/h5-6,9-13,16,18H,2-4,7-8,14-15H2,1H3,(H,28,32). The van der Waals surface area contributed by atoms with Crippen molar-refractivity contribution in [2.24, 2.45) is 0 Å². The van der Waals surface area contributed by atoms with E-state index < -0.39 is 34.4 Å². The van der Waals surface area contributed by atoms with Gasteiger partial charge in [0.25, 0.3) is 15.9 Å². The number of benzene rings is 2. The maximum Gasteiger partial charge on any atom is 0.269 e. The highest BCUT2D eigenvalue weighted by atomic mass is 35.5. The van der Waals surface area contributed by atoms with E-state index in [1.807, 2.05) is 0 Å². The van der Waals surface area contributed by atoms with E-state index >= 15 is 0 Å². The predicted molar refractivity (Wildman–Crippen MR) is 136 cm³/mol. The normalized spacial score (nSPS) is 18.0. The molecule has 1 aliphatic heterocycles. The summed E-state index contributed by atoms with van der Waals surface area (Å²) in [5.74, 6) is -1.79. The second-order valence-corrected chi connectivity index (χ2v) is 11.7. The molecular formula is C25H27Cl2N3O5S. The zero-order valence-corrected chi connectivity index (χ0v) is 22.1. The third-order valence-corrected chi connectivity index (χ3v) is 9.17. The summed E-state index contributed by atoms with van der Waals surface area (Å²) in [6.45, 7) is 0.838. The Hall–Kier alpha value is -2.62. The first kappa shape index (κ1) is 26.4. The molecule has 8 nitrogen and oxygen atoms in total. The summed E-state index contributed by atoms with van der Waals surface area (Å²) < 4.78 is 26.5. The van der Waals surface area contributed by atoms with Gasteiger partial charge in [-0.3, -0.25) is 14.4 Å². The fourth-order valence-electron chi connectivity index (χ4n) is 4.59. The Kier molecular flexibility index (Phi) is 7.92. The van der Waals surface area contributed by atoms with Crippen molar-refractivity contribution in [2.45, 2.75) is 62.6 Å². The number of sulfonamides is 1. The van der Waals surface area contributed by atoms with Crippen LogP contribution in [-0.2, 0) is 26.2 Å². The van der Waals surface area contributed by atoms with Crippen molar-refractivity contribution in [3.05, 3.63) is 63.6 Å². The van der Waals surface area contributed by atoms with E-state index in [-0.39, 0.29) is 34.0 Å². The molecule has 1 fully saturated rings. The summed E-state index contributed by atoms with van der Waals surface area (Å²) in [6, 6.07) is 9.78. The second-order valence-electron chi connectivity index (χ2n) is 9.10. The van der Waals surface area contributed by atoms with Gasteiger partial charge in [-0.25, -0.2) is 12.7 Å². The van der Waals surface area contributed by atoms with Gasteiger partial charge in [-0.15, -0.1) is 0 Å². The SMILES string of the molecule is CC(C(=O)NC1CCCCC1)N(Cc1ccc(Cl)c(Cl)c1)C(=O)CN1C(=O)c2ccccc2S1(=O)=O. The van der Waals surface area contributed by atoms with Crippen molar-refractivity contribution < 1.29 is 22.8 Å². The highest BCUT2D eigenvalue weighted by molar-refractivity contribution is 7.90. The Balaban J connectivity index is 1.58. The number of carbonyl (C=O) groups excluding carboxylic acids is 3. The van der Waals surface area contributed by atoms with Crippen molar-refractivity contribution in [2.75, 3.05) is 6.54 Å². The molecule has 1 saturated carbocycles. The van der Waals surface area contributed by atoms with Gasteiger partial charge in [-0.05, 0) is 49.6 Å². The summed E-state index contributed by atoms with van der Waals surface area (Å²) in [5.41, 5.74) is 0.624. The van der Waals surface area contributed by atoms with E-state index in [1.165, 1.54) is 23.1 Å². The van der Waals surface area contributed by atoms with E-state index in [0.29, 0.717) is 14.9 Å². The molecule has 1 N–H and O–H groups in total. The van der Waals surface area contributed by atoms with Crippen molar-refractivity contribution in [1.29, 1.82) is 0 Å². The lowest BCUT2D eigenvalue weighted by Crippen LogP contribution is -2.52. The fourth-order valence-corrected chi connectivity index (χ4v) is 6.43. The molecule has 0 radical (unpaired) electrons. The Bertz CT molecular complexity index is 1290. The fraction of sp³-hybridized carbons (Fsp3) is 0.400. The first-order chi connectivity index (χ1) is 17.1. The molecule has 1 unspecified atom stereocenters. The lowest BCUT2D eigenvalue weighted by atomic mass is 9.95. The topological polar surface area (TPSA) is 104 Å². The number of rotatable bonds is 7. The molecule has 0 bridgehead atoms. The molecule has 192 valence electrons. The number of hydrogen-bond acceptors (Lipinski definition) is 5. The van der Waals surface area contributed by atoms with E-state index in [9.17, 15) is 22.8 Å². The van der Waals surface area contributed by atoms with Crippen LogP contribution in [0.1, 0.15) is 54.9 Å². The van der Waals surface area contributed by atoms with Crippen LogP contribution in [0.4, 0.5) is 0 Å². The Morgan fingerprint density at radius 2 is 1.78 bits per heavy atom. The number of halogens is 2. The molecule has 11 heteroatoms. The summed E-state index contributed by atoms with van der Waals surface area (Å²) in [5, 5.41) is 3.64. The molecule has 4 rings (SSSR count). The van der Waals surface area contributed by atoms with Crippen LogP contribution in [0.5, 0.6) is 0 Å². The van der Waals surface area contributed by atoms with Gasteiger partial charge in [0.1, 0.15) is 17.5 Å². The molecular weight excluding hydrogens is 525 g/mol. The number of nitrogens with one attached hydrogen (secondary N) is 1. The summed E-state index contributed by atoms with van der Waals surface area (Å²) in [4.78, 5) is 40.6. The van der Waals surface area contributed by atoms with Gasteiger partial charge in [0.2, 0.25) is 11.8 Å². The number of carbonyl (C=O) groups is 3. The Morgan fingerprint density at radius 3 is 2.44 bits per heavy atom. The molecule has 36 heavy (non-hydrogen) atoms. The first-order valence-electron chi connectivity index (χ1n) is 11.8. The molecule has 2 aromatic carbocycles. The monoisotopic (exact) mass is 551 g/mol. The second kappa shape index (κ2) is 10.8. The molecule has 0 spiro atoms. The van der Waals surface area contributed by atoms with E-state index in [0.717, 1.165) is 32.1 Å². The van der Waals surface area contributed by atoms with Gasteiger partial charge in [-0.2, -0.15) is 0 Å². The highest BCUT2D eigenvalue weighted by Gasteiger charge is 2.43. The largest absolute Gasteiger partial charge is 0.352 e.